The van der Waals surface area contributed by atoms with E-state index < -0.39 is 5.38 Å². The van der Waals surface area contributed by atoms with E-state index in [1.54, 1.807) is 11.8 Å². The van der Waals surface area contributed by atoms with E-state index in [2.05, 4.69) is 5.32 Å². The van der Waals surface area contributed by atoms with Crippen LogP contribution in [-0.4, -0.2) is 18.2 Å². The van der Waals surface area contributed by atoms with Gasteiger partial charge in [-0.3, -0.25) is 4.79 Å². The van der Waals surface area contributed by atoms with Gasteiger partial charge in [0.1, 0.15) is 5.38 Å². The van der Waals surface area contributed by atoms with E-state index in [0.717, 1.165) is 18.4 Å². The fraction of sp³-hybridized carbons (Fsp3) is 0.417. The van der Waals surface area contributed by atoms with Crippen LogP contribution >= 0.6 is 23.4 Å². The summed E-state index contributed by atoms with van der Waals surface area (Å²) in [7, 11) is 0. The van der Waals surface area contributed by atoms with E-state index in [-0.39, 0.29) is 5.91 Å². The Kier molecular flexibility index (Phi) is 3.77. The number of amides is 1. The van der Waals surface area contributed by atoms with Gasteiger partial charge in [-0.25, -0.2) is 0 Å². The molecule has 2 rings (SSSR count). The predicted octanol–water partition coefficient (Wildman–Crippen LogP) is 2.97. The lowest BCUT2D eigenvalue weighted by molar-refractivity contribution is -0.121. The van der Waals surface area contributed by atoms with Crippen molar-refractivity contribution >= 4 is 29.3 Å². The number of rotatable bonds is 4. The molecule has 0 saturated heterocycles. The molecule has 1 fully saturated rings. The number of alkyl halides is 1. The van der Waals surface area contributed by atoms with Crippen molar-refractivity contribution in [2.24, 2.45) is 0 Å². The Labute approximate surface area is 105 Å². The summed E-state index contributed by atoms with van der Waals surface area (Å²) in [6.45, 7) is 0. The number of halogens is 1. The Morgan fingerprint density at radius 1 is 1.44 bits per heavy atom. The third-order valence-electron chi connectivity index (χ3n) is 2.56. The molecule has 1 N–H and O–H groups in total. The normalized spacial score (nSPS) is 16.9. The van der Waals surface area contributed by atoms with Crippen LogP contribution in [0.1, 0.15) is 23.8 Å². The zero-order chi connectivity index (χ0) is 11.5. The van der Waals surface area contributed by atoms with Crippen LogP contribution in [0, 0.1) is 0 Å². The van der Waals surface area contributed by atoms with Crippen molar-refractivity contribution in [3.63, 3.8) is 0 Å². The molecule has 0 bridgehead atoms. The molecule has 0 aromatic heterocycles. The van der Waals surface area contributed by atoms with E-state index in [4.69, 9.17) is 11.6 Å². The number of nitrogens with one attached hydrogen (secondary N) is 1. The summed E-state index contributed by atoms with van der Waals surface area (Å²) in [4.78, 5) is 12.9. The standard InChI is InChI=1S/C12H14ClNOS/c1-16-10-6-2-8(3-7-10)11(13)12(15)14-9-4-5-9/h2-3,6-7,9,11H,4-5H2,1H3,(H,14,15). The topological polar surface area (TPSA) is 29.1 Å². The van der Waals surface area contributed by atoms with Crippen LogP contribution in [0.5, 0.6) is 0 Å². The summed E-state index contributed by atoms with van der Waals surface area (Å²) in [5.41, 5.74) is 0.859. The van der Waals surface area contributed by atoms with Gasteiger partial charge in [-0.05, 0) is 36.8 Å². The van der Waals surface area contributed by atoms with Crippen LogP contribution in [0.25, 0.3) is 0 Å². The van der Waals surface area contributed by atoms with E-state index in [1.165, 1.54) is 4.90 Å². The molecule has 1 aromatic carbocycles. The Hall–Kier alpha value is -0.670. The SMILES string of the molecule is CSc1ccc(C(Cl)C(=O)NC2CC2)cc1. The monoisotopic (exact) mass is 255 g/mol. The van der Waals surface area contributed by atoms with Gasteiger partial charge < -0.3 is 5.32 Å². The van der Waals surface area contributed by atoms with Gasteiger partial charge in [0, 0.05) is 10.9 Å². The zero-order valence-electron chi connectivity index (χ0n) is 9.07. The first-order chi connectivity index (χ1) is 7.70. The molecule has 0 radical (unpaired) electrons. The fourth-order valence-corrected chi connectivity index (χ4v) is 2.04. The largest absolute Gasteiger partial charge is 0.352 e. The number of carbonyl (C=O) groups is 1. The van der Waals surface area contributed by atoms with Crippen molar-refractivity contribution in [1.29, 1.82) is 0 Å². The summed E-state index contributed by atoms with van der Waals surface area (Å²) < 4.78 is 0. The van der Waals surface area contributed by atoms with Crippen molar-refractivity contribution in [3.05, 3.63) is 29.8 Å². The predicted molar refractivity (Wildman–Crippen MR) is 68.0 cm³/mol. The van der Waals surface area contributed by atoms with Crippen LogP contribution in [0.4, 0.5) is 0 Å². The molecular formula is C12H14ClNOS. The first kappa shape index (κ1) is 11.8. The second-order valence-electron chi connectivity index (χ2n) is 3.92. The third kappa shape index (κ3) is 2.92. The van der Waals surface area contributed by atoms with Gasteiger partial charge in [-0.15, -0.1) is 23.4 Å². The van der Waals surface area contributed by atoms with Gasteiger partial charge in [-0.1, -0.05) is 12.1 Å². The molecule has 16 heavy (non-hydrogen) atoms. The van der Waals surface area contributed by atoms with E-state index in [9.17, 15) is 4.79 Å². The number of hydrogen-bond acceptors (Lipinski definition) is 2. The molecule has 1 unspecified atom stereocenters. The Morgan fingerprint density at radius 2 is 2.06 bits per heavy atom. The average Bonchev–Trinajstić information content (AvgIpc) is 3.12. The van der Waals surface area contributed by atoms with Crippen LogP contribution in [0.15, 0.2) is 29.2 Å². The van der Waals surface area contributed by atoms with Crippen molar-refractivity contribution < 1.29 is 4.79 Å². The molecular weight excluding hydrogens is 242 g/mol. The third-order valence-corrected chi connectivity index (χ3v) is 3.76. The Bertz CT molecular complexity index is 375. The molecule has 0 aliphatic heterocycles. The van der Waals surface area contributed by atoms with Gasteiger partial charge in [0.2, 0.25) is 5.91 Å². The lowest BCUT2D eigenvalue weighted by Crippen LogP contribution is -2.28. The molecule has 1 saturated carbocycles. The van der Waals surface area contributed by atoms with Gasteiger partial charge in [0.15, 0.2) is 0 Å². The number of benzene rings is 1. The molecule has 1 atom stereocenters. The lowest BCUT2D eigenvalue weighted by Gasteiger charge is -2.10. The fourth-order valence-electron chi connectivity index (χ4n) is 1.43. The number of carbonyl (C=O) groups excluding carboxylic acids is 1. The average molecular weight is 256 g/mol. The smallest absolute Gasteiger partial charge is 0.242 e. The van der Waals surface area contributed by atoms with Crippen molar-refractivity contribution in [1.82, 2.24) is 5.32 Å². The first-order valence-electron chi connectivity index (χ1n) is 5.29. The molecule has 4 heteroatoms. The summed E-state index contributed by atoms with van der Waals surface area (Å²) in [6.07, 6.45) is 4.19. The molecule has 1 amide bonds. The molecule has 2 nitrogen and oxygen atoms in total. The van der Waals surface area contributed by atoms with Crippen molar-refractivity contribution in [2.75, 3.05) is 6.26 Å². The van der Waals surface area contributed by atoms with Gasteiger partial charge in [-0.2, -0.15) is 0 Å². The van der Waals surface area contributed by atoms with Crippen LogP contribution < -0.4 is 5.32 Å². The molecule has 0 spiro atoms. The molecule has 86 valence electrons. The highest BCUT2D eigenvalue weighted by molar-refractivity contribution is 7.98. The lowest BCUT2D eigenvalue weighted by atomic mass is 10.1. The van der Waals surface area contributed by atoms with Crippen molar-refractivity contribution in [3.8, 4) is 0 Å². The second-order valence-corrected chi connectivity index (χ2v) is 5.23. The summed E-state index contributed by atoms with van der Waals surface area (Å²) in [5.74, 6) is -0.0823. The maximum Gasteiger partial charge on any atom is 0.242 e. The molecule has 1 aliphatic carbocycles. The highest BCUT2D eigenvalue weighted by Crippen LogP contribution is 2.26. The minimum absolute atomic E-state index is 0.0823. The van der Waals surface area contributed by atoms with Crippen LogP contribution in [0.3, 0.4) is 0 Å². The Balaban J connectivity index is 2.00. The highest BCUT2D eigenvalue weighted by atomic mass is 35.5. The summed E-state index contributed by atoms with van der Waals surface area (Å²) >= 11 is 7.78. The maximum atomic E-state index is 11.7. The van der Waals surface area contributed by atoms with Crippen LogP contribution in [-0.2, 0) is 4.79 Å². The first-order valence-corrected chi connectivity index (χ1v) is 6.95. The molecule has 1 aliphatic rings. The summed E-state index contributed by atoms with van der Waals surface area (Å²) in [6, 6.07) is 8.16. The maximum absolute atomic E-state index is 11.7. The number of hydrogen-bond donors (Lipinski definition) is 1. The van der Waals surface area contributed by atoms with E-state index in [0.29, 0.717) is 6.04 Å². The van der Waals surface area contributed by atoms with Crippen molar-refractivity contribution in [2.45, 2.75) is 29.2 Å². The zero-order valence-corrected chi connectivity index (χ0v) is 10.6. The minimum atomic E-state index is -0.573. The molecule has 0 heterocycles. The minimum Gasteiger partial charge on any atom is -0.352 e. The quantitative estimate of drug-likeness (QED) is 0.662. The second kappa shape index (κ2) is 5.11. The van der Waals surface area contributed by atoms with E-state index >= 15 is 0 Å². The Morgan fingerprint density at radius 3 is 2.56 bits per heavy atom. The van der Waals surface area contributed by atoms with Gasteiger partial charge >= 0.3 is 0 Å². The number of thioether (sulfide) groups is 1. The van der Waals surface area contributed by atoms with Gasteiger partial charge in [0.05, 0.1) is 0 Å². The highest BCUT2D eigenvalue weighted by Gasteiger charge is 2.27. The van der Waals surface area contributed by atoms with E-state index in [1.807, 2.05) is 30.5 Å². The van der Waals surface area contributed by atoms with Gasteiger partial charge in [0.25, 0.3) is 0 Å². The summed E-state index contributed by atoms with van der Waals surface area (Å²) in [5, 5.41) is 2.33. The molecule has 1 aromatic rings. The van der Waals surface area contributed by atoms with Crippen LogP contribution in [0.2, 0.25) is 0 Å².